The Morgan fingerprint density at radius 2 is 0.851 bits per heavy atom. The molecule has 0 spiro atoms. The molecule has 5 rings (SSSR count). The summed E-state index contributed by atoms with van der Waals surface area (Å²) in [5.74, 6) is -0.970. The van der Waals surface area contributed by atoms with Crippen LogP contribution in [0.15, 0.2) is 153 Å². The number of benzene rings is 5. The van der Waals surface area contributed by atoms with Crippen LogP contribution in [0.2, 0.25) is 0 Å². The maximum absolute atomic E-state index is 13.3. The molecule has 0 heterocycles. The van der Waals surface area contributed by atoms with Crippen LogP contribution in [0.1, 0.15) is 105 Å². The zero-order valence-corrected chi connectivity index (χ0v) is 37.5. The smallest absolute Gasteiger partial charge is 0.343 e. The first kappa shape index (κ1) is 50.3. The molecule has 1 unspecified atom stereocenters. The Hall–Kier alpha value is -7.73. The average Bonchev–Trinajstić information content (AvgIpc) is 3.36. The highest BCUT2D eigenvalue weighted by atomic mass is 16.6. The number of esters is 5. The van der Waals surface area contributed by atoms with Gasteiger partial charge in [-0.05, 0) is 141 Å². The van der Waals surface area contributed by atoms with E-state index in [2.05, 4.69) is 13.2 Å². The van der Waals surface area contributed by atoms with Gasteiger partial charge in [0.15, 0.2) is 6.10 Å². The highest BCUT2D eigenvalue weighted by Gasteiger charge is 2.21. The van der Waals surface area contributed by atoms with Gasteiger partial charge in [0.1, 0.15) is 23.9 Å². The van der Waals surface area contributed by atoms with E-state index in [1.165, 1.54) is 30.3 Å². The number of unbranched alkanes of at least 4 members (excludes halogenated alkanes) is 6. The second-order valence-corrected chi connectivity index (χ2v) is 15.1. The molecule has 0 fully saturated rings. The summed E-state index contributed by atoms with van der Waals surface area (Å²) in [6.45, 7) is 8.42. The predicted molar refractivity (Wildman–Crippen MR) is 255 cm³/mol. The van der Waals surface area contributed by atoms with Gasteiger partial charge in [0.05, 0.1) is 43.1 Å². The fraction of sp³-hybridized carbons (Fsp3) is 0.255. The minimum absolute atomic E-state index is 0.211. The summed E-state index contributed by atoms with van der Waals surface area (Å²) in [7, 11) is 0. The van der Waals surface area contributed by atoms with Gasteiger partial charge in [-0.1, -0.05) is 79.9 Å². The van der Waals surface area contributed by atoms with Gasteiger partial charge in [-0.15, -0.1) is 0 Å². The summed E-state index contributed by atoms with van der Waals surface area (Å²) >= 11 is 0. The van der Waals surface area contributed by atoms with E-state index in [0.717, 1.165) is 74.3 Å². The lowest BCUT2D eigenvalue weighted by molar-refractivity contribution is -0.138. The van der Waals surface area contributed by atoms with Gasteiger partial charge in [0.25, 0.3) is 0 Å². The van der Waals surface area contributed by atoms with Gasteiger partial charge in [0.2, 0.25) is 0 Å². The number of rotatable bonds is 28. The largest absolute Gasteiger partial charge is 0.494 e. The van der Waals surface area contributed by atoms with Crippen LogP contribution < -0.4 is 14.2 Å². The zero-order valence-electron chi connectivity index (χ0n) is 37.5. The number of ether oxygens (including phenoxy) is 7. The third kappa shape index (κ3) is 18.4. The van der Waals surface area contributed by atoms with Crippen LogP contribution in [0, 0.1) is 0 Å². The third-order valence-corrected chi connectivity index (χ3v) is 10.1. The molecule has 0 aromatic heterocycles. The molecule has 1 atom stereocenters. The summed E-state index contributed by atoms with van der Waals surface area (Å²) in [6.07, 6.45) is 12.4. The second-order valence-electron chi connectivity index (χ2n) is 15.1. The fourth-order valence-electron chi connectivity index (χ4n) is 6.37. The van der Waals surface area contributed by atoms with Crippen LogP contribution >= 0.6 is 0 Å². The molecule has 0 saturated heterocycles. The van der Waals surface area contributed by atoms with Crippen LogP contribution in [0.5, 0.6) is 17.2 Å². The van der Waals surface area contributed by atoms with Gasteiger partial charge in [-0.2, -0.15) is 0 Å². The van der Waals surface area contributed by atoms with Crippen molar-refractivity contribution in [3.8, 4) is 17.2 Å². The van der Waals surface area contributed by atoms with Crippen LogP contribution in [0.25, 0.3) is 12.2 Å². The quantitative estimate of drug-likeness (QED) is 0.0117. The monoisotopic (exact) mass is 908 g/mol. The average molecular weight is 909 g/mol. The molecule has 67 heavy (non-hydrogen) atoms. The van der Waals surface area contributed by atoms with Crippen molar-refractivity contribution in [3.63, 3.8) is 0 Å². The molecule has 348 valence electrons. The Labute approximate surface area is 391 Å². The lowest BCUT2D eigenvalue weighted by Crippen LogP contribution is -2.19. The van der Waals surface area contributed by atoms with Crippen LogP contribution in [0.4, 0.5) is 0 Å². The number of carbonyl (C=O) groups is 5. The summed E-state index contributed by atoms with van der Waals surface area (Å²) in [6, 6.07) is 36.4. The lowest BCUT2D eigenvalue weighted by atomic mass is 10.1. The minimum atomic E-state index is -0.895. The summed E-state index contributed by atoms with van der Waals surface area (Å²) < 4.78 is 38.6. The minimum Gasteiger partial charge on any atom is -0.494 e. The van der Waals surface area contributed by atoms with Crippen molar-refractivity contribution in [3.05, 3.63) is 186 Å². The maximum atomic E-state index is 13.3. The molecule has 0 aliphatic carbocycles. The first-order chi connectivity index (χ1) is 32.7. The van der Waals surface area contributed by atoms with E-state index in [1.807, 2.05) is 54.6 Å². The molecule has 12 nitrogen and oxygen atoms in total. The van der Waals surface area contributed by atoms with Crippen molar-refractivity contribution >= 4 is 42.0 Å². The normalized spacial score (nSPS) is 11.2. The SMILES string of the molecule is C=CC(=O)OCCCCCCOc1ccc(C=Cc2ccc(C(=O)OCC(OC(=O)c3ccc(OC(=O)c4ccc(OCCCCCCOC(=O)C=C)cc4)cc3)c3ccccc3)cc2)cc1. The predicted octanol–water partition coefficient (Wildman–Crippen LogP) is 11.2. The highest BCUT2D eigenvalue weighted by Crippen LogP contribution is 2.23. The van der Waals surface area contributed by atoms with Crippen molar-refractivity contribution < 1.29 is 57.1 Å². The van der Waals surface area contributed by atoms with E-state index in [-0.39, 0.29) is 17.9 Å². The van der Waals surface area contributed by atoms with E-state index >= 15 is 0 Å². The van der Waals surface area contributed by atoms with Gasteiger partial charge >= 0.3 is 29.8 Å². The van der Waals surface area contributed by atoms with E-state index in [1.54, 1.807) is 60.7 Å². The molecular weight excluding hydrogens is 853 g/mol. The van der Waals surface area contributed by atoms with E-state index in [4.69, 9.17) is 33.2 Å². The van der Waals surface area contributed by atoms with Gasteiger partial charge < -0.3 is 33.2 Å². The van der Waals surface area contributed by atoms with Crippen LogP contribution in [0.3, 0.4) is 0 Å². The number of hydrogen-bond acceptors (Lipinski definition) is 12. The van der Waals surface area contributed by atoms with Crippen LogP contribution in [-0.2, 0) is 28.5 Å². The summed E-state index contributed by atoms with van der Waals surface area (Å²) in [5.41, 5.74) is 3.39. The van der Waals surface area contributed by atoms with Crippen molar-refractivity contribution in [2.24, 2.45) is 0 Å². The van der Waals surface area contributed by atoms with E-state index in [0.29, 0.717) is 48.9 Å². The number of hydrogen-bond donors (Lipinski definition) is 0. The van der Waals surface area contributed by atoms with Gasteiger partial charge in [-0.3, -0.25) is 0 Å². The molecule has 0 N–H and O–H groups in total. The number of carbonyl (C=O) groups excluding carboxylic acids is 5. The standard InChI is InChI=1S/C55H56O12/c1-3-51(56)63-38-14-7-5-12-36-61-47-30-22-42(23-31-47)19-18-41-20-24-44(25-21-41)53(58)65-40-50(43-16-10-9-11-17-43)67-55(60)46-28-34-49(35-29-46)66-54(59)45-26-32-48(33-27-45)62-37-13-6-8-15-39-64-52(57)4-2/h3-4,9-11,16-35,50H,1-2,5-8,12-15,36-40H2. The molecule has 0 bridgehead atoms. The molecule has 0 saturated carbocycles. The topological polar surface area (TPSA) is 150 Å². The second kappa shape index (κ2) is 28.2. The molecule has 0 radical (unpaired) electrons. The maximum Gasteiger partial charge on any atom is 0.343 e. The molecule has 5 aromatic carbocycles. The molecule has 5 aromatic rings. The van der Waals surface area contributed by atoms with Crippen molar-refractivity contribution in [2.75, 3.05) is 33.0 Å². The highest BCUT2D eigenvalue weighted by molar-refractivity contribution is 5.92. The van der Waals surface area contributed by atoms with Crippen molar-refractivity contribution in [2.45, 2.75) is 57.5 Å². The Kier molecular flexibility index (Phi) is 21.2. The van der Waals surface area contributed by atoms with Crippen LogP contribution in [-0.4, -0.2) is 62.9 Å². The molecule has 12 heteroatoms. The lowest BCUT2D eigenvalue weighted by Gasteiger charge is -2.18. The molecule has 0 aliphatic rings. The Bertz CT molecular complexity index is 2370. The Morgan fingerprint density at radius 3 is 1.36 bits per heavy atom. The first-order valence-corrected chi connectivity index (χ1v) is 22.3. The molecule has 0 amide bonds. The van der Waals surface area contributed by atoms with Gasteiger partial charge in [0, 0.05) is 12.2 Å². The third-order valence-electron chi connectivity index (χ3n) is 10.1. The van der Waals surface area contributed by atoms with E-state index < -0.39 is 36.0 Å². The summed E-state index contributed by atoms with van der Waals surface area (Å²) in [4.78, 5) is 61.5. The summed E-state index contributed by atoms with van der Waals surface area (Å²) in [5, 5.41) is 0. The molecular formula is C55H56O12. The molecule has 0 aliphatic heterocycles. The van der Waals surface area contributed by atoms with Gasteiger partial charge in [-0.25, -0.2) is 24.0 Å². The fourth-order valence-corrected chi connectivity index (χ4v) is 6.37. The van der Waals surface area contributed by atoms with Crippen molar-refractivity contribution in [1.82, 2.24) is 0 Å². The van der Waals surface area contributed by atoms with E-state index in [9.17, 15) is 24.0 Å². The Balaban J connectivity index is 1.03. The first-order valence-electron chi connectivity index (χ1n) is 22.3. The Morgan fingerprint density at radius 1 is 0.433 bits per heavy atom. The van der Waals surface area contributed by atoms with Crippen molar-refractivity contribution in [1.29, 1.82) is 0 Å². The zero-order chi connectivity index (χ0) is 47.5.